The number of nitrogens with one attached hydrogen (secondary N) is 2. The van der Waals surface area contributed by atoms with Crippen LogP contribution < -0.4 is 29.6 Å². The summed E-state index contributed by atoms with van der Waals surface area (Å²) in [5.74, 6) is 2.56. The fourth-order valence-corrected chi connectivity index (χ4v) is 2.81. The van der Waals surface area contributed by atoms with Crippen LogP contribution in [0.3, 0.4) is 0 Å². The third-order valence-electron chi connectivity index (χ3n) is 4.26. The Hall–Kier alpha value is -3.09. The van der Waals surface area contributed by atoms with Gasteiger partial charge in [0.05, 0.1) is 28.4 Å². The van der Waals surface area contributed by atoms with Crippen molar-refractivity contribution >= 4 is 6.03 Å². The number of hydrogen-bond acceptors (Lipinski definition) is 5. The van der Waals surface area contributed by atoms with Gasteiger partial charge in [0.1, 0.15) is 5.75 Å². The minimum Gasteiger partial charge on any atom is -0.497 e. The molecule has 0 radical (unpaired) electrons. The zero-order chi connectivity index (χ0) is 20.4. The Kier molecular flexibility index (Phi) is 8.27. The Balaban J connectivity index is 1.78. The third kappa shape index (κ3) is 5.97. The first-order valence-corrected chi connectivity index (χ1v) is 9.04. The summed E-state index contributed by atoms with van der Waals surface area (Å²) < 4.78 is 21.2. The quantitative estimate of drug-likeness (QED) is 0.654. The molecule has 7 heteroatoms. The van der Waals surface area contributed by atoms with Crippen molar-refractivity contribution in [2.24, 2.45) is 0 Å². The van der Waals surface area contributed by atoms with E-state index in [4.69, 9.17) is 18.9 Å². The lowest BCUT2D eigenvalue weighted by atomic mass is 10.1. The van der Waals surface area contributed by atoms with Crippen molar-refractivity contribution in [2.75, 3.05) is 41.5 Å². The van der Waals surface area contributed by atoms with E-state index < -0.39 is 0 Å². The van der Waals surface area contributed by atoms with E-state index in [0.29, 0.717) is 36.8 Å². The number of amides is 2. The minimum atomic E-state index is -0.199. The van der Waals surface area contributed by atoms with Crippen molar-refractivity contribution in [1.82, 2.24) is 10.6 Å². The van der Waals surface area contributed by atoms with E-state index in [2.05, 4.69) is 10.6 Å². The zero-order valence-corrected chi connectivity index (χ0v) is 16.8. The number of carbonyl (C=O) groups is 1. The lowest BCUT2D eigenvalue weighted by Gasteiger charge is -2.14. The van der Waals surface area contributed by atoms with E-state index in [9.17, 15) is 4.79 Å². The van der Waals surface area contributed by atoms with Crippen LogP contribution in [0.25, 0.3) is 0 Å². The van der Waals surface area contributed by atoms with Gasteiger partial charge in [-0.1, -0.05) is 12.1 Å². The summed E-state index contributed by atoms with van der Waals surface area (Å²) in [6.45, 7) is 1.03. The van der Waals surface area contributed by atoms with Crippen molar-refractivity contribution in [3.63, 3.8) is 0 Å². The van der Waals surface area contributed by atoms with Crippen LogP contribution in [0, 0.1) is 0 Å². The SMILES string of the molecule is COc1cccc(CCNC(=O)NCCc2cc(OC)c(OC)c(OC)c2)c1. The molecule has 2 N–H and O–H groups in total. The van der Waals surface area contributed by atoms with Crippen molar-refractivity contribution < 1.29 is 23.7 Å². The molecule has 28 heavy (non-hydrogen) atoms. The maximum Gasteiger partial charge on any atom is 0.314 e. The summed E-state index contributed by atoms with van der Waals surface area (Å²) in [6.07, 6.45) is 1.37. The number of hydrogen-bond donors (Lipinski definition) is 2. The number of urea groups is 1. The van der Waals surface area contributed by atoms with E-state index in [1.807, 2.05) is 36.4 Å². The molecule has 0 saturated heterocycles. The minimum absolute atomic E-state index is 0.199. The Morgan fingerprint density at radius 2 is 1.39 bits per heavy atom. The molecule has 0 aliphatic rings. The fourth-order valence-electron chi connectivity index (χ4n) is 2.81. The van der Waals surface area contributed by atoms with E-state index in [0.717, 1.165) is 23.3 Å². The molecule has 2 amide bonds. The highest BCUT2D eigenvalue weighted by Crippen LogP contribution is 2.38. The fraction of sp³-hybridized carbons (Fsp3) is 0.381. The largest absolute Gasteiger partial charge is 0.497 e. The van der Waals surface area contributed by atoms with Crippen LogP contribution in [0.4, 0.5) is 4.79 Å². The van der Waals surface area contributed by atoms with Crippen molar-refractivity contribution in [3.05, 3.63) is 47.5 Å². The van der Waals surface area contributed by atoms with Crippen LogP contribution in [0.15, 0.2) is 36.4 Å². The highest BCUT2D eigenvalue weighted by atomic mass is 16.5. The Bertz CT molecular complexity index is 754. The van der Waals surface area contributed by atoms with Crippen LogP contribution >= 0.6 is 0 Å². The molecule has 2 aromatic rings. The summed E-state index contributed by atoms with van der Waals surface area (Å²) in [5.41, 5.74) is 2.09. The first-order chi connectivity index (χ1) is 13.6. The van der Waals surface area contributed by atoms with E-state index in [1.165, 1.54) is 0 Å². The van der Waals surface area contributed by atoms with Crippen LogP contribution in [0.1, 0.15) is 11.1 Å². The van der Waals surface area contributed by atoms with Gasteiger partial charge in [-0.3, -0.25) is 0 Å². The molecular formula is C21H28N2O5. The van der Waals surface area contributed by atoms with Gasteiger partial charge in [0.15, 0.2) is 11.5 Å². The molecule has 2 rings (SSSR count). The summed E-state index contributed by atoms with van der Waals surface area (Å²) in [6, 6.07) is 11.4. The molecule has 0 aromatic heterocycles. The highest BCUT2D eigenvalue weighted by molar-refractivity contribution is 5.73. The Labute approximate surface area is 165 Å². The molecule has 0 bridgehead atoms. The average Bonchev–Trinajstić information content (AvgIpc) is 2.73. The van der Waals surface area contributed by atoms with Gasteiger partial charge in [0.2, 0.25) is 5.75 Å². The number of benzene rings is 2. The van der Waals surface area contributed by atoms with E-state index in [1.54, 1.807) is 28.4 Å². The van der Waals surface area contributed by atoms with Crippen molar-refractivity contribution in [1.29, 1.82) is 0 Å². The second kappa shape index (κ2) is 10.9. The second-order valence-electron chi connectivity index (χ2n) is 6.07. The molecule has 152 valence electrons. The molecule has 0 fully saturated rings. The zero-order valence-electron chi connectivity index (χ0n) is 16.8. The predicted molar refractivity (Wildman–Crippen MR) is 108 cm³/mol. The molecule has 0 saturated carbocycles. The molecule has 0 aliphatic carbocycles. The predicted octanol–water partition coefficient (Wildman–Crippen LogP) is 2.81. The number of methoxy groups -OCH3 is 4. The topological polar surface area (TPSA) is 78.1 Å². The molecular weight excluding hydrogens is 360 g/mol. The van der Waals surface area contributed by atoms with Gasteiger partial charge in [0, 0.05) is 13.1 Å². The smallest absolute Gasteiger partial charge is 0.314 e. The summed E-state index contributed by atoms with van der Waals surface area (Å²) in [5, 5.41) is 5.71. The van der Waals surface area contributed by atoms with Gasteiger partial charge in [-0.15, -0.1) is 0 Å². The van der Waals surface area contributed by atoms with Gasteiger partial charge in [-0.05, 0) is 48.2 Å². The molecule has 0 heterocycles. The van der Waals surface area contributed by atoms with Gasteiger partial charge >= 0.3 is 6.03 Å². The van der Waals surface area contributed by atoms with Crippen molar-refractivity contribution in [2.45, 2.75) is 12.8 Å². The lowest BCUT2D eigenvalue weighted by Crippen LogP contribution is -2.37. The van der Waals surface area contributed by atoms with Gasteiger partial charge in [-0.25, -0.2) is 4.79 Å². The monoisotopic (exact) mass is 388 g/mol. The summed E-state index contributed by atoms with van der Waals surface area (Å²) in [4.78, 5) is 12.0. The summed E-state index contributed by atoms with van der Waals surface area (Å²) >= 11 is 0. The van der Waals surface area contributed by atoms with Gasteiger partial charge in [0.25, 0.3) is 0 Å². The van der Waals surface area contributed by atoms with E-state index in [-0.39, 0.29) is 6.03 Å². The second-order valence-corrected chi connectivity index (χ2v) is 6.07. The molecule has 7 nitrogen and oxygen atoms in total. The standard InChI is InChI=1S/C21H28N2O5/c1-25-17-7-5-6-15(12-17)8-10-22-21(24)23-11-9-16-13-18(26-2)20(28-4)19(14-16)27-3/h5-7,12-14H,8-11H2,1-4H3,(H2,22,23,24). The van der Waals surface area contributed by atoms with Crippen molar-refractivity contribution in [3.8, 4) is 23.0 Å². The molecule has 0 atom stereocenters. The summed E-state index contributed by atoms with van der Waals surface area (Å²) in [7, 11) is 6.36. The first-order valence-electron chi connectivity index (χ1n) is 9.04. The maximum absolute atomic E-state index is 12.0. The Morgan fingerprint density at radius 1 is 0.786 bits per heavy atom. The van der Waals surface area contributed by atoms with Gasteiger partial charge < -0.3 is 29.6 Å². The normalized spacial score (nSPS) is 10.1. The van der Waals surface area contributed by atoms with Crippen LogP contribution in [0.2, 0.25) is 0 Å². The molecule has 0 spiro atoms. The van der Waals surface area contributed by atoms with Crippen LogP contribution in [0.5, 0.6) is 23.0 Å². The molecule has 0 unspecified atom stereocenters. The highest BCUT2D eigenvalue weighted by Gasteiger charge is 2.13. The Morgan fingerprint density at radius 3 is 1.93 bits per heavy atom. The number of ether oxygens (including phenoxy) is 4. The number of rotatable bonds is 10. The maximum atomic E-state index is 12.0. The van der Waals surface area contributed by atoms with Crippen LogP contribution in [-0.2, 0) is 12.8 Å². The average molecular weight is 388 g/mol. The lowest BCUT2D eigenvalue weighted by molar-refractivity contribution is 0.241. The molecule has 0 aliphatic heterocycles. The third-order valence-corrected chi connectivity index (χ3v) is 4.26. The number of carbonyl (C=O) groups excluding carboxylic acids is 1. The van der Waals surface area contributed by atoms with Crippen LogP contribution in [-0.4, -0.2) is 47.6 Å². The molecule has 2 aromatic carbocycles. The van der Waals surface area contributed by atoms with E-state index >= 15 is 0 Å². The first kappa shape index (κ1) is 21.2. The van der Waals surface area contributed by atoms with Gasteiger partial charge in [-0.2, -0.15) is 0 Å².